The maximum atomic E-state index is 4.18. The van der Waals surface area contributed by atoms with Crippen molar-refractivity contribution in [2.24, 2.45) is 0 Å². The summed E-state index contributed by atoms with van der Waals surface area (Å²) in [5.41, 5.74) is 6.15. The highest BCUT2D eigenvalue weighted by Crippen LogP contribution is 2.28. The van der Waals surface area contributed by atoms with Crippen molar-refractivity contribution >= 4 is 54.5 Å². The molecule has 1 N–H and O–H groups in total. The third-order valence-corrected chi connectivity index (χ3v) is 6.92. The molecule has 0 unspecified atom stereocenters. The fraction of sp³-hybridized carbons (Fsp3) is 0.0571. The Balaban J connectivity index is 0.000000106. The fourth-order valence-electron chi connectivity index (χ4n) is 5.16. The lowest BCUT2D eigenvalue weighted by Crippen LogP contribution is -1.91. The van der Waals surface area contributed by atoms with Crippen LogP contribution >= 0.6 is 0 Å². The number of rotatable bonds is 1. The summed E-state index contributed by atoms with van der Waals surface area (Å²) >= 11 is 0. The molecule has 0 fully saturated rings. The highest BCUT2D eigenvalue weighted by atomic mass is 15.0. The van der Waals surface area contributed by atoms with Crippen LogP contribution in [-0.2, 0) is 6.54 Å². The number of aryl methyl sites for hydroxylation is 1. The minimum atomic E-state index is 1.02. The van der Waals surface area contributed by atoms with Gasteiger partial charge in [-0.3, -0.25) is 4.98 Å². The molecule has 8 rings (SSSR count). The van der Waals surface area contributed by atoms with Crippen molar-refractivity contribution in [1.82, 2.24) is 14.5 Å². The normalized spacial score (nSPS) is 10.9. The van der Waals surface area contributed by atoms with Gasteiger partial charge in [-0.15, -0.1) is 0 Å². The monoisotopic (exact) mass is 491 g/mol. The number of aromatic nitrogens is 3. The molecular formula is C35H29N3. The van der Waals surface area contributed by atoms with E-state index in [2.05, 4.69) is 131 Å². The maximum absolute atomic E-state index is 4.18. The van der Waals surface area contributed by atoms with Crippen LogP contribution in [0, 0.1) is 0 Å². The van der Waals surface area contributed by atoms with Gasteiger partial charge < -0.3 is 9.55 Å². The van der Waals surface area contributed by atoms with Crippen LogP contribution in [0.5, 0.6) is 0 Å². The van der Waals surface area contributed by atoms with E-state index >= 15 is 0 Å². The van der Waals surface area contributed by atoms with Crippen LogP contribution in [-0.4, -0.2) is 14.5 Å². The van der Waals surface area contributed by atoms with Gasteiger partial charge in [0.25, 0.3) is 0 Å². The lowest BCUT2D eigenvalue weighted by atomic mass is 10.2. The quantitative estimate of drug-likeness (QED) is 0.244. The van der Waals surface area contributed by atoms with Gasteiger partial charge in [0.15, 0.2) is 0 Å². The fourth-order valence-corrected chi connectivity index (χ4v) is 5.16. The topological polar surface area (TPSA) is 33.6 Å². The lowest BCUT2D eigenvalue weighted by Gasteiger charge is -2.01. The Labute approximate surface area is 222 Å². The summed E-state index contributed by atoms with van der Waals surface area (Å²) in [6.45, 7) is 3.22. The summed E-state index contributed by atoms with van der Waals surface area (Å²) < 4.78 is 2.37. The zero-order valence-electron chi connectivity index (χ0n) is 21.4. The molecule has 0 spiro atoms. The number of fused-ring (bicyclic) bond motifs is 7. The Morgan fingerprint density at radius 3 is 1.58 bits per heavy atom. The van der Waals surface area contributed by atoms with Crippen LogP contribution in [0.1, 0.15) is 6.92 Å². The first-order valence-electron chi connectivity index (χ1n) is 13.0. The van der Waals surface area contributed by atoms with Gasteiger partial charge in [0.05, 0.1) is 5.52 Å². The number of aromatic amines is 1. The number of H-pyrrole nitrogens is 1. The Hall–Kier alpha value is -4.89. The average Bonchev–Trinajstić information content (AvgIpc) is 3.53. The van der Waals surface area contributed by atoms with E-state index in [0.717, 1.165) is 12.1 Å². The predicted octanol–water partition coefficient (Wildman–Crippen LogP) is 9.37. The zero-order valence-corrected chi connectivity index (χ0v) is 21.4. The average molecular weight is 492 g/mol. The van der Waals surface area contributed by atoms with Crippen molar-refractivity contribution in [1.29, 1.82) is 0 Å². The molecule has 0 radical (unpaired) electrons. The molecule has 0 aliphatic heterocycles. The molecule has 3 heterocycles. The maximum Gasteiger partial charge on any atom is 0.0701 e. The number of para-hydroxylation sites is 5. The summed E-state index contributed by atoms with van der Waals surface area (Å²) in [6, 6.07) is 46.0. The van der Waals surface area contributed by atoms with E-state index in [0.29, 0.717) is 0 Å². The summed E-state index contributed by atoms with van der Waals surface area (Å²) in [5, 5.41) is 6.52. The number of pyridine rings is 1. The van der Waals surface area contributed by atoms with E-state index in [1.54, 1.807) is 0 Å². The Morgan fingerprint density at radius 2 is 1.00 bits per heavy atom. The van der Waals surface area contributed by atoms with Crippen LogP contribution in [0.2, 0.25) is 0 Å². The zero-order chi connectivity index (χ0) is 25.7. The second-order valence-corrected chi connectivity index (χ2v) is 9.19. The molecule has 3 aromatic heterocycles. The molecule has 0 amide bonds. The molecular weight excluding hydrogens is 462 g/mol. The lowest BCUT2D eigenvalue weighted by molar-refractivity contribution is 0.827. The molecule has 0 bridgehead atoms. The SMILES string of the molecule is CCn1c2ccccc2c2ccccc21.c1ccc2c(c1)[nH]c1ccccc12.c1ccc2ncccc2c1. The van der Waals surface area contributed by atoms with Crippen molar-refractivity contribution in [2.45, 2.75) is 13.5 Å². The molecule has 3 nitrogen and oxygen atoms in total. The van der Waals surface area contributed by atoms with Gasteiger partial charge in [-0.05, 0) is 43.3 Å². The number of hydrogen-bond donors (Lipinski definition) is 1. The summed E-state index contributed by atoms with van der Waals surface area (Å²) in [6.07, 6.45) is 1.81. The first kappa shape index (κ1) is 23.5. The summed E-state index contributed by atoms with van der Waals surface area (Å²) in [4.78, 5) is 7.56. The minimum absolute atomic E-state index is 1.02. The first-order chi connectivity index (χ1) is 18.8. The number of benzene rings is 5. The van der Waals surface area contributed by atoms with Crippen LogP contribution in [0.4, 0.5) is 0 Å². The van der Waals surface area contributed by atoms with Crippen LogP contribution in [0.3, 0.4) is 0 Å². The van der Waals surface area contributed by atoms with E-state index in [4.69, 9.17) is 0 Å². The molecule has 0 saturated carbocycles. The van der Waals surface area contributed by atoms with Crippen molar-refractivity contribution in [3.63, 3.8) is 0 Å². The molecule has 184 valence electrons. The Morgan fingerprint density at radius 1 is 0.526 bits per heavy atom. The Bertz CT molecular complexity index is 1810. The van der Waals surface area contributed by atoms with Gasteiger partial charge in [-0.2, -0.15) is 0 Å². The van der Waals surface area contributed by atoms with Crippen molar-refractivity contribution in [3.8, 4) is 0 Å². The van der Waals surface area contributed by atoms with Crippen molar-refractivity contribution in [3.05, 3.63) is 140 Å². The third-order valence-electron chi connectivity index (χ3n) is 6.92. The molecule has 0 aliphatic carbocycles. The molecule has 3 heteroatoms. The minimum Gasteiger partial charge on any atom is -0.355 e. The van der Waals surface area contributed by atoms with Crippen molar-refractivity contribution < 1.29 is 0 Å². The van der Waals surface area contributed by atoms with Crippen LogP contribution < -0.4 is 0 Å². The number of nitrogens with one attached hydrogen (secondary N) is 1. The molecule has 0 atom stereocenters. The van der Waals surface area contributed by atoms with Gasteiger partial charge in [0, 0.05) is 61.7 Å². The molecule has 8 aromatic rings. The highest BCUT2D eigenvalue weighted by molar-refractivity contribution is 6.08. The molecule has 5 aromatic carbocycles. The van der Waals surface area contributed by atoms with Gasteiger partial charge in [-0.25, -0.2) is 0 Å². The summed E-state index contributed by atoms with van der Waals surface area (Å²) in [7, 11) is 0. The highest BCUT2D eigenvalue weighted by Gasteiger charge is 2.07. The smallest absolute Gasteiger partial charge is 0.0701 e. The molecule has 38 heavy (non-hydrogen) atoms. The largest absolute Gasteiger partial charge is 0.355 e. The molecule has 0 aliphatic rings. The van der Waals surface area contributed by atoms with Gasteiger partial charge in [-0.1, -0.05) is 97.1 Å². The predicted molar refractivity (Wildman–Crippen MR) is 163 cm³/mol. The van der Waals surface area contributed by atoms with Crippen molar-refractivity contribution in [2.75, 3.05) is 0 Å². The van der Waals surface area contributed by atoms with E-state index in [1.165, 1.54) is 49.0 Å². The second kappa shape index (κ2) is 10.6. The summed E-state index contributed by atoms with van der Waals surface area (Å²) in [5.74, 6) is 0. The van der Waals surface area contributed by atoms with E-state index < -0.39 is 0 Å². The number of hydrogen-bond acceptors (Lipinski definition) is 1. The second-order valence-electron chi connectivity index (χ2n) is 9.19. The van der Waals surface area contributed by atoms with Gasteiger partial charge in [0.1, 0.15) is 0 Å². The van der Waals surface area contributed by atoms with E-state index in [-0.39, 0.29) is 0 Å². The van der Waals surface area contributed by atoms with Gasteiger partial charge in [0.2, 0.25) is 0 Å². The molecule has 0 saturated heterocycles. The standard InChI is InChI=1S/C14H13N.C12H9N.C9H7N/c1-2-15-13-9-5-3-7-11(13)12-8-4-6-10-14(12)15;1-3-7-11-9(5-1)10-6-2-4-8-12(10)13-11;1-2-6-9-8(4-1)5-3-7-10-9/h3-10H,2H2,1H3;1-8,13H;1-7H. The van der Waals surface area contributed by atoms with Crippen LogP contribution in [0.25, 0.3) is 54.5 Å². The van der Waals surface area contributed by atoms with E-state index in [1.807, 2.05) is 30.5 Å². The first-order valence-corrected chi connectivity index (χ1v) is 13.0. The third kappa shape index (κ3) is 4.51. The van der Waals surface area contributed by atoms with Gasteiger partial charge >= 0.3 is 0 Å². The van der Waals surface area contributed by atoms with E-state index in [9.17, 15) is 0 Å². The Kier molecular flexibility index (Phi) is 6.57. The van der Waals surface area contributed by atoms with Crippen LogP contribution in [0.15, 0.2) is 140 Å². The number of nitrogens with zero attached hydrogens (tertiary/aromatic N) is 2.